The number of nitrogens with zero attached hydrogens (tertiary/aromatic N) is 1. The smallest absolute Gasteiger partial charge is 0.240 e. The second-order valence-corrected chi connectivity index (χ2v) is 6.58. The van der Waals surface area contributed by atoms with Gasteiger partial charge in [0.1, 0.15) is 11.2 Å². The molecule has 1 amide bonds. The van der Waals surface area contributed by atoms with Crippen molar-refractivity contribution in [3.8, 4) is 11.8 Å². The minimum atomic E-state index is -0.829. The first-order valence-corrected chi connectivity index (χ1v) is 8.09. The molecule has 1 atom stereocenters. The molecule has 1 N–H and O–H groups in total. The van der Waals surface area contributed by atoms with Crippen LogP contribution >= 0.6 is 15.9 Å². The van der Waals surface area contributed by atoms with E-state index >= 15 is 0 Å². The Balaban J connectivity index is 1.83. The standard InChI is InChI=1S/C16H17BrN2O2/c17-12-5-3-4-11-13(6-9-21-14(11)12)19-15(20)16(10-18)7-1-2-8-16/h3-5,13H,1-2,6-9H2,(H,19,20)/t13-/m1/s1. The number of hydrogen-bond donors (Lipinski definition) is 1. The van der Waals surface area contributed by atoms with Crippen LogP contribution in [0.3, 0.4) is 0 Å². The topological polar surface area (TPSA) is 62.1 Å². The van der Waals surface area contributed by atoms with Gasteiger partial charge in [-0.2, -0.15) is 5.26 Å². The second-order valence-electron chi connectivity index (χ2n) is 5.72. The van der Waals surface area contributed by atoms with Crippen molar-refractivity contribution >= 4 is 21.8 Å². The zero-order chi connectivity index (χ0) is 14.9. The number of rotatable bonds is 2. The highest BCUT2D eigenvalue weighted by atomic mass is 79.9. The summed E-state index contributed by atoms with van der Waals surface area (Å²) in [6.07, 6.45) is 3.98. The number of carbonyl (C=O) groups excluding carboxylic acids is 1. The number of nitriles is 1. The fourth-order valence-electron chi connectivity index (χ4n) is 3.20. The molecule has 1 aromatic carbocycles. The van der Waals surface area contributed by atoms with Gasteiger partial charge in [0.05, 0.1) is 23.2 Å². The van der Waals surface area contributed by atoms with Crippen molar-refractivity contribution in [1.82, 2.24) is 5.32 Å². The number of fused-ring (bicyclic) bond motifs is 1. The predicted octanol–water partition coefficient (Wildman–Crippen LogP) is 3.47. The van der Waals surface area contributed by atoms with Crippen LogP contribution < -0.4 is 10.1 Å². The Morgan fingerprint density at radius 2 is 2.19 bits per heavy atom. The van der Waals surface area contributed by atoms with Gasteiger partial charge in [-0.3, -0.25) is 4.79 Å². The molecular formula is C16H17BrN2O2. The lowest BCUT2D eigenvalue weighted by molar-refractivity contribution is -0.128. The monoisotopic (exact) mass is 348 g/mol. The Kier molecular flexibility index (Phi) is 3.90. The predicted molar refractivity (Wildman–Crippen MR) is 81.7 cm³/mol. The van der Waals surface area contributed by atoms with E-state index in [1.807, 2.05) is 18.2 Å². The lowest BCUT2D eigenvalue weighted by Crippen LogP contribution is -2.41. The van der Waals surface area contributed by atoms with Crippen molar-refractivity contribution in [2.45, 2.75) is 38.1 Å². The lowest BCUT2D eigenvalue weighted by Gasteiger charge is -2.30. The minimum absolute atomic E-state index is 0.0791. The summed E-state index contributed by atoms with van der Waals surface area (Å²) in [4.78, 5) is 12.6. The molecule has 4 nitrogen and oxygen atoms in total. The summed E-state index contributed by atoms with van der Waals surface area (Å²) in [5, 5.41) is 12.5. The maximum Gasteiger partial charge on any atom is 0.240 e. The molecule has 0 unspecified atom stereocenters. The van der Waals surface area contributed by atoms with Crippen molar-refractivity contribution in [1.29, 1.82) is 5.26 Å². The van der Waals surface area contributed by atoms with Crippen LogP contribution in [0.2, 0.25) is 0 Å². The van der Waals surface area contributed by atoms with E-state index in [0.29, 0.717) is 19.4 Å². The van der Waals surface area contributed by atoms with Crippen LogP contribution in [0, 0.1) is 16.7 Å². The molecule has 0 radical (unpaired) electrons. The van der Waals surface area contributed by atoms with Gasteiger partial charge in [-0.25, -0.2) is 0 Å². The maximum atomic E-state index is 12.6. The number of carbonyl (C=O) groups is 1. The summed E-state index contributed by atoms with van der Waals surface area (Å²) in [6.45, 7) is 0.570. The van der Waals surface area contributed by atoms with Crippen LogP contribution in [0.15, 0.2) is 22.7 Å². The highest BCUT2D eigenvalue weighted by molar-refractivity contribution is 9.10. The van der Waals surface area contributed by atoms with Gasteiger partial charge in [0.25, 0.3) is 0 Å². The summed E-state index contributed by atoms with van der Waals surface area (Å²) in [5.41, 5.74) is 0.153. The van der Waals surface area contributed by atoms with E-state index in [1.165, 1.54) is 0 Å². The molecule has 0 bridgehead atoms. The van der Waals surface area contributed by atoms with E-state index in [0.717, 1.165) is 35.0 Å². The number of ether oxygens (including phenoxy) is 1. The third-order valence-electron chi connectivity index (χ3n) is 4.44. The Morgan fingerprint density at radius 3 is 2.90 bits per heavy atom. The number of halogens is 1. The SMILES string of the molecule is N#CC1(C(=O)N[C@@H]2CCOc3c(Br)cccc32)CCCC1. The van der Waals surface area contributed by atoms with Crippen LogP contribution in [0.25, 0.3) is 0 Å². The zero-order valence-electron chi connectivity index (χ0n) is 11.7. The Labute approximate surface area is 132 Å². The average Bonchev–Trinajstić information content (AvgIpc) is 2.98. The van der Waals surface area contributed by atoms with Crippen molar-refractivity contribution in [3.63, 3.8) is 0 Å². The van der Waals surface area contributed by atoms with Gasteiger partial charge >= 0.3 is 0 Å². The highest BCUT2D eigenvalue weighted by Gasteiger charge is 2.42. The van der Waals surface area contributed by atoms with Crippen LogP contribution in [-0.2, 0) is 4.79 Å². The molecule has 3 rings (SSSR count). The van der Waals surface area contributed by atoms with Gasteiger partial charge < -0.3 is 10.1 Å². The molecule has 1 fully saturated rings. The lowest BCUT2D eigenvalue weighted by atomic mass is 9.86. The van der Waals surface area contributed by atoms with Crippen molar-refractivity contribution < 1.29 is 9.53 Å². The molecule has 1 aromatic rings. The fraction of sp³-hybridized carbons (Fsp3) is 0.500. The van der Waals surface area contributed by atoms with Gasteiger partial charge in [0.2, 0.25) is 5.91 Å². The molecule has 1 aliphatic heterocycles. The van der Waals surface area contributed by atoms with Gasteiger partial charge in [-0.1, -0.05) is 25.0 Å². The number of nitrogens with one attached hydrogen (secondary N) is 1. The van der Waals surface area contributed by atoms with Gasteiger partial charge in [0, 0.05) is 12.0 Å². The van der Waals surface area contributed by atoms with E-state index in [9.17, 15) is 10.1 Å². The third kappa shape index (κ3) is 2.53. The second kappa shape index (κ2) is 5.69. The van der Waals surface area contributed by atoms with Crippen LogP contribution in [-0.4, -0.2) is 12.5 Å². The first-order valence-electron chi connectivity index (χ1n) is 7.30. The molecular weight excluding hydrogens is 332 g/mol. The molecule has 1 heterocycles. The minimum Gasteiger partial charge on any atom is -0.492 e. The highest BCUT2D eigenvalue weighted by Crippen LogP contribution is 2.41. The molecule has 21 heavy (non-hydrogen) atoms. The van der Waals surface area contributed by atoms with Crippen molar-refractivity contribution in [2.24, 2.45) is 5.41 Å². The summed E-state index contributed by atoms with van der Waals surface area (Å²) in [5.74, 6) is 0.673. The van der Waals surface area contributed by atoms with Crippen LogP contribution in [0.5, 0.6) is 5.75 Å². The Bertz CT molecular complexity index is 603. The fourth-order valence-corrected chi connectivity index (χ4v) is 3.70. The van der Waals surface area contributed by atoms with Crippen LogP contribution in [0.4, 0.5) is 0 Å². The zero-order valence-corrected chi connectivity index (χ0v) is 13.3. The average molecular weight is 349 g/mol. The van der Waals surface area contributed by atoms with E-state index < -0.39 is 5.41 Å². The molecule has 0 aromatic heterocycles. The first-order chi connectivity index (χ1) is 10.2. The Morgan fingerprint density at radius 1 is 1.43 bits per heavy atom. The van der Waals surface area contributed by atoms with Gasteiger partial charge in [0.15, 0.2) is 0 Å². The molecule has 1 aliphatic carbocycles. The Hall–Kier alpha value is -1.54. The van der Waals surface area contributed by atoms with Gasteiger partial charge in [-0.05, 0) is 34.8 Å². The summed E-state index contributed by atoms with van der Waals surface area (Å²) < 4.78 is 6.58. The third-order valence-corrected chi connectivity index (χ3v) is 5.06. The largest absolute Gasteiger partial charge is 0.492 e. The number of benzene rings is 1. The van der Waals surface area contributed by atoms with Crippen molar-refractivity contribution in [3.05, 3.63) is 28.2 Å². The van der Waals surface area contributed by atoms with E-state index in [4.69, 9.17) is 4.74 Å². The van der Waals surface area contributed by atoms with E-state index in [1.54, 1.807) is 0 Å². The molecule has 1 saturated carbocycles. The number of hydrogen-bond acceptors (Lipinski definition) is 3. The normalized spacial score (nSPS) is 22.8. The summed E-state index contributed by atoms with van der Waals surface area (Å²) >= 11 is 3.48. The maximum absolute atomic E-state index is 12.6. The number of para-hydroxylation sites is 1. The van der Waals surface area contributed by atoms with E-state index in [-0.39, 0.29) is 11.9 Å². The number of amides is 1. The first kappa shape index (κ1) is 14.4. The molecule has 0 saturated heterocycles. The summed E-state index contributed by atoms with van der Waals surface area (Å²) in [6, 6.07) is 8.00. The molecule has 110 valence electrons. The summed E-state index contributed by atoms with van der Waals surface area (Å²) in [7, 11) is 0. The van der Waals surface area contributed by atoms with Crippen LogP contribution in [0.1, 0.15) is 43.7 Å². The molecule has 5 heteroatoms. The van der Waals surface area contributed by atoms with E-state index in [2.05, 4.69) is 27.3 Å². The molecule has 2 aliphatic rings. The quantitative estimate of drug-likeness (QED) is 0.889. The molecule has 0 spiro atoms. The van der Waals surface area contributed by atoms with Gasteiger partial charge in [-0.15, -0.1) is 0 Å². The van der Waals surface area contributed by atoms with Crippen molar-refractivity contribution in [2.75, 3.05) is 6.61 Å².